The van der Waals surface area contributed by atoms with Crippen LogP contribution in [0.4, 0.5) is 0 Å². The lowest BCUT2D eigenvalue weighted by Crippen LogP contribution is -2.42. The van der Waals surface area contributed by atoms with E-state index in [1.165, 1.54) is 0 Å². The van der Waals surface area contributed by atoms with Gasteiger partial charge in [0.15, 0.2) is 5.60 Å². The summed E-state index contributed by atoms with van der Waals surface area (Å²) in [6, 6.07) is 7.65. The molecule has 5 nitrogen and oxygen atoms in total. The van der Waals surface area contributed by atoms with Crippen molar-refractivity contribution < 1.29 is 9.63 Å². The van der Waals surface area contributed by atoms with Crippen LogP contribution in [0.25, 0.3) is 0 Å². The number of hydrogen-bond acceptors (Lipinski definition) is 4. The van der Waals surface area contributed by atoms with Gasteiger partial charge in [-0.2, -0.15) is 0 Å². The van der Waals surface area contributed by atoms with Gasteiger partial charge in [0.25, 0.3) is 0 Å². The SMILES string of the molecule is CC1=NO[C@@](C)(CNCC(=O)NCCc2cccc(Cl)c2)C1. The van der Waals surface area contributed by atoms with Crippen molar-refractivity contribution in [2.75, 3.05) is 19.6 Å². The lowest BCUT2D eigenvalue weighted by molar-refractivity contribution is -0.120. The van der Waals surface area contributed by atoms with Gasteiger partial charge < -0.3 is 15.5 Å². The van der Waals surface area contributed by atoms with Crippen LogP contribution in [0.3, 0.4) is 0 Å². The highest BCUT2D eigenvalue weighted by Gasteiger charge is 2.32. The lowest BCUT2D eigenvalue weighted by atomic mass is 10.0. The molecule has 2 rings (SSSR count). The van der Waals surface area contributed by atoms with Crippen LogP contribution < -0.4 is 10.6 Å². The number of benzene rings is 1. The van der Waals surface area contributed by atoms with Gasteiger partial charge in [0, 0.05) is 24.5 Å². The van der Waals surface area contributed by atoms with Crippen molar-refractivity contribution in [3.63, 3.8) is 0 Å². The van der Waals surface area contributed by atoms with Gasteiger partial charge in [0.1, 0.15) is 0 Å². The summed E-state index contributed by atoms with van der Waals surface area (Å²) in [6.07, 6.45) is 1.55. The third-order valence-electron chi connectivity index (χ3n) is 3.46. The van der Waals surface area contributed by atoms with E-state index in [-0.39, 0.29) is 18.1 Å². The third kappa shape index (κ3) is 5.31. The highest BCUT2D eigenvalue weighted by molar-refractivity contribution is 6.30. The molecular weight excluding hydrogens is 302 g/mol. The van der Waals surface area contributed by atoms with E-state index in [0.717, 1.165) is 24.1 Å². The fraction of sp³-hybridized carbons (Fsp3) is 0.500. The van der Waals surface area contributed by atoms with E-state index < -0.39 is 0 Å². The van der Waals surface area contributed by atoms with Gasteiger partial charge in [-0.3, -0.25) is 4.79 Å². The van der Waals surface area contributed by atoms with E-state index in [0.29, 0.717) is 18.1 Å². The fourth-order valence-electron chi connectivity index (χ4n) is 2.43. The van der Waals surface area contributed by atoms with Crippen molar-refractivity contribution in [2.45, 2.75) is 32.3 Å². The number of nitrogens with one attached hydrogen (secondary N) is 2. The maximum Gasteiger partial charge on any atom is 0.233 e. The summed E-state index contributed by atoms with van der Waals surface area (Å²) in [5.41, 5.74) is 1.75. The van der Waals surface area contributed by atoms with Crippen molar-refractivity contribution in [1.82, 2.24) is 10.6 Å². The number of rotatable bonds is 7. The summed E-state index contributed by atoms with van der Waals surface area (Å²) in [4.78, 5) is 17.1. The maximum absolute atomic E-state index is 11.8. The van der Waals surface area contributed by atoms with E-state index in [2.05, 4.69) is 15.8 Å². The molecule has 0 bridgehead atoms. The van der Waals surface area contributed by atoms with Crippen LogP contribution in [0, 0.1) is 0 Å². The summed E-state index contributed by atoms with van der Waals surface area (Å²) < 4.78 is 0. The molecule has 22 heavy (non-hydrogen) atoms. The molecule has 2 N–H and O–H groups in total. The van der Waals surface area contributed by atoms with E-state index in [4.69, 9.17) is 16.4 Å². The van der Waals surface area contributed by atoms with Gasteiger partial charge in [0.05, 0.1) is 12.3 Å². The lowest BCUT2D eigenvalue weighted by Gasteiger charge is -2.21. The Kier molecular flexibility index (Phi) is 5.80. The van der Waals surface area contributed by atoms with Crippen LogP contribution in [-0.4, -0.2) is 36.9 Å². The minimum absolute atomic E-state index is 0.0266. The molecule has 1 aliphatic heterocycles. The van der Waals surface area contributed by atoms with Crippen LogP contribution in [-0.2, 0) is 16.1 Å². The Morgan fingerprint density at radius 3 is 3.00 bits per heavy atom. The average molecular weight is 324 g/mol. The van der Waals surface area contributed by atoms with E-state index in [1.54, 1.807) is 0 Å². The molecule has 0 radical (unpaired) electrons. The molecular formula is C16H22ClN3O2. The van der Waals surface area contributed by atoms with Crippen molar-refractivity contribution in [3.8, 4) is 0 Å². The Balaban J connectivity index is 1.60. The van der Waals surface area contributed by atoms with Crippen LogP contribution in [0.5, 0.6) is 0 Å². The summed E-state index contributed by atoms with van der Waals surface area (Å²) in [5, 5.41) is 10.7. The van der Waals surface area contributed by atoms with Crippen LogP contribution in [0.1, 0.15) is 25.8 Å². The first-order valence-electron chi connectivity index (χ1n) is 7.40. The minimum atomic E-state index is -0.342. The smallest absolute Gasteiger partial charge is 0.233 e. The Morgan fingerprint density at radius 1 is 1.50 bits per heavy atom. The number of amides is 1. The molecule has 6 heteroatoms. The Hall–Kier alpha value is -1.59. The molecule has 1 aromatic carbocycles. The maximum atomic E-state index is 11.8. The topological polar surface area (TPSA) is 62.7 Å². The standard InChI is InChI=1S/C16H22ClN3O2/c1-12-9-16(2,22-20-12)11-18-10-15(21)19-7-6-13-4-3-5-14(17)8-13/h3-5,8,18H,6-7,9-11H2,1-2H3,(H,19,21)/t16-/m1/s1. The number of carbonyl (C=O) groups excluding carboxylic acids is 1. The number of oxime groups is 1. The second-order valence-electron chi connectivity index (χ2n) is 5.88. The predicted octanol–water partition coefficient (Wildman–Crippen LogP) is 2.14. The molecule has 0 saturated carbocycles. The first-order valence-corrected chi connectivity index (χ1v) is 7.78. The third-order valence-corrected chi connectivity index (χ3v) is 3.70. The molecule has 1 aromatic rings. The zero-order valence-corrected chi connectivity index (χ0v) is 13.7. The van der Waals surface area contributed by atoms with Gasteiger partial charge in [0.2, 0.25) is 5.91 Å². The van der Waals surface area contributed by atoms with Crippen LogP contribution >= 0.6 is 11.6 Å². The summed E-state index contributed by atoms with van der Waals surface area (Å²) in [7, 11) is 0. The molecule has 0 saturated heterocycles. The molecule has 0 unspecified atom stereocenters. The second-order valence-corrected chi connectivity index (χ2v) is 6.31. The second kappa shape index (κ2) is 7.61. The van der Waals surface area contributed by atoms with Gasteiger partial charge >= 0.3 is 0 Å². The van der Waals surface area contributed by atoms with Crippen molar-refractivity contribution in [3.05, 3.63) is 34.9 Å². The Morgan fingerprint density at radius 2 is 2.32 bits per heavy atom. The number of halogens is 1. The molecule has 0 aromatic heterocycles. The molecule has 120 valence electrons. The van der Waals surface area contributed by atoms with Crippen LogP contribution in [0.2, 0.25) is 5.02 Å². The first kappa shape index (κ1) is 16.8. The van der Waals surface area contributed by atoms with Crippen molar-refractivity contribution in [2.24, 2.45) is 5.16 Å². The number of nitrogens with zero attached hydrogens (tertiary/aromatic N) is 1. The molecule has 1 atom stereocenters. The average Bonchev–Trinajstić information content (AvgIpc) is 2.79. The highest BCUT2D eigenvalue weighted by atomic mass is 35.5. The van der Waals surface area contributed by atoms with Gasteiger partial charge in [-0.25, -0.2) is 0 Å². The summed E-state index contributed by atoms with van der Waals surface area (Å²) >= 11 is 5.92. The minimum Gasteiger partial charge on any atom is -0.388 e. The molecule has 0 spiro atoms. The molecule has 0 aliphatic carbocycles. The van der Waals surface area contributed by atoms with Crippen LogP contribution in [0.15, 0.2) is 29.4 Å². The van der Waals surface area contributed by atoms with Crippen molar-refractivity contribution >= 4 is 23.2 Å². The zero-order valence-electron chi connectivity index (χ0n) is 13.0. The summed E-state index contributed by atoms with van der Waals surface area (Å²) in [6.45, 7) is 5.38. The largest absolute Gasteiger partial charge is 0.388 e. The number of hydrogen-bond donors (Lipinski definition) is 2. The van der Waals surface area contributed by atoms with Crippen molar-refractivity contribution in [1.29, 1.82) is 0 Å². The summed E-state index contributed by atoms with van der Waals surface area (Å²) in [5.74, 6) is -0.0266. The monoisotopic (exact) mass is 323 g/mol. The van der Waals surface area contributed by atoms with E-state index >= 15 is 0 Å². The van der Waals surface area contributed by atoms with Gasteiger partial charge in [-0.15, -0.1) is 0 Å². The quantitative estimate of drug-likeness (QED) is 0.808. The predicted molar refractivity (Wildman–Crippen MR) is 88.3 cm³/mol. The highest BCUT2D eigenvalue weighted by Crippen LogP contribution is 2.22. The molecule has 1 heterocycles. The molecule has 1 aliphatic rings. The van der Waals surface area contributed by atoms with Gasteiger partial charge in [-0.1, -0.05) is 28.9 Å². The Labute approximate surface area is 136 Å². The fourth-order valence-corrected chi connectivity index (χ4v) is 2.64. The molecule has 0 fully saturated rings. The zero-order chi connectivity index (χ0) is 16.0. The normalized spacial score (nSPS) is 20.4. The van der Waals surface area contributed by atoms with E-state index in [9.17, 15) is 4.79 Å². The van der Waals surface area contributed by atoms with Gasteiger partial charge in [-0.05, 0) is 38.0 Å². The number of carbonyl (C=O) groups is 1. The Bertz CT molecular complexity index is 562. The molecule has 1 amide bonds. The van der Waals surface area contributed by atoms with E-state index in [1.807, 2.05) is 38.1 Å². The first-order chi connectivity index (χ1) is 10.5.